The summed E-state index contributed by atoms with van der Waals surface area (Å²) >= 11 is 0. The van der Waals surface area contributed by atoms with Gasteiger partial charge in [-0.2, -0.15) is 0 Å². The Morgan fingerprint density at radius 1 is 1.71 bits per heavy atom. The van der Waals surface area contributed by atoms with Gasteiger partial charge in [0.1, 0.15) is 6.10 Å². The Balaban J connectivity index is 2.62. The molecule has 0 spiro atoms. The Morgan fingerprint density at radius 3 is 2.82 bits per heavy atom. The summed E-state index contributed by atoms with van der Waals surface area (Å²) in [5.74, 6) is -1.53. The number of aliphatic hydroxyl groups is 2. The van der Waals surface area contributed by atoms with E-state index in [0.717, 1.165) is 0 Å². The van der Waals surface area contributed by atoms with Crippen molar-refractivity contribution in [1.82, 2.24) is 0 Å². The molecular weight excluding hydrogens is 226 g/mol. The van der Waals surface area contributed by atoms with Crippen LogP contribution in [0.2, 0.25) is 0 Å². The zero-order valence-corrected chi connectivity index (χ0v) is 9.63. The van der Waals surface area contributed by atoms with Crippen molar-refractivity contribution in [3.8, 4) is 0 Å². The summed E-state index contributed by atoms with van der Waals surface area (Å²) < 4.78 is 10.6. The molecule has 0 aromatic rings. The molecule has 6 nitrogen and oxygen atoms in total. The van der Waals surface area contributed by atoms with Crippen LogP contribution in [0.1, 0.15) is 6.42 Å². The standard InChI is InChI=1S/C11H17NO5/c1-16-11(17-7-9(14)6-13)4-2-8(3-5-11)10(12)15/h2-4,9,13-14H,5-7H2,1H3,(H2,12,15). The predicted octanol–water partition coefficient (Wildman–Crippen LogP) is -0.929. The van der Waals surface area contributed by atoms with Gasteiger partial charge in [-0.1, -0.05) is 6.08 Å². The Kier molecular flexibility index (Phi) is 4.83. The third-order valence-corrected chi connectivity index (χ3v) is 2.48. The van der Waals surface area contributed by atoms with Crippen molar-refractivity contribution in [1.29, 1.82) is 0 Å². The summed E-state index contributed by atoms with van der Waals surface area (Å²) in [6, 6.07) is 0. The van der Waals surface area contributed by atoms with Crippen LogP contribution in [0.3, 0.4) is 0 Å². The smallest absolute Gasteiger partial charge is 0.248 e. The van der Waals surface area contributed by atoms with Crippen molar-refractivity contribution in [2.24, 2.45) is 5.73 Å². The average molecular weight is 243 g/mol. The Hall–Kier alpha value is -1.21. The first-order chi connectivity index (χ1) is 8.03. The largest absolute Gasteiger partial charge is 0.394 e. The van der Waals surface area contributed by atoms with Gasteiger partial charge in [0.2, 0.25) is 5.91 Å². The average Bonchev–Trinajstić information content (AvgIpc) is 2.36. The van der Waals surface area contributed by atoms with Crippen molar-refractivity contribution >= 4 is 5.91 Å². The Labute approximate surface area is 99.3 Å². The lowest BCUT2D eigenvalue weighted by molar-refractivity contribution is -0.201. The van der Waals surface area contributed by atoms with Crippen molar-refractivity contribution in [2.45, 2.75) is 18.3 Å². The van der Waals surface area contributed by atoms with E-state index in [1.807, 2.05) is 0 Å². The molecule has 1 rings (SSSR count). The van der Waals surface area contributed by atoms with Gasteiger partial charge in [-0.15, -0.1) is 0 Å². The summed E-state index contributed by atoms with van der Waals surface area (Å²) in [5.41, 5.74) is 5.52. The quantitative estimate of drug-likeness (QED) is 0.523. The van der Waals surface area contributed by atoms with Crippen molar-refractivity contribution in [2.75, 3.05) is 20.3 Å². The summed E-state index contributed by atoms with van der Waals surface area (Å²) in [4.78, 5) is 10.9. The highest BCUT2D eigenvalue weighted by Gasteiger charge is 2.30. The van der Waals surface area contributed by atoms with E-state index in [4.69, 9.17) is 20.3 Å². The van der Waals surface area contributed by atoms with Crippen LogP contribution in [0.25, 0.3) is 0 Å². The lowest BCUT2D eigenvalue weighted by atomic mass is 10.0. The predicted molar refractivity (Wildman–Crippen MR) is 59.8 cm³/mol. The zero-order chi connectivity index (χ0) is 12.9. The molecule has 0 aromatic carbocycles. The second kappa shape index (κ2) is 5.92. The molecule has 1 aliphatic rings. The van der Waals surface area contributed by atoms with Crippen LogP contribution in [-0.2, 0) is 14.3 Å². The maximum absolute atomic E-state index is 10.9. The van der Waals surface area contributed by atoms with Crippen LogP contribution in [0.15, 0.2) is 23.8 Å². The minimum atomic E-state index is -1.02. The van der Waals surface area contributed by atoms with Gasteiger partial charge < -0.3 is 25.4 Å². The van der Waals surface area contributed by atoms with Crippen LogP contribution in [0.5, 0.6) is 0 Å². The fourth-order valence-electron chi connectivity index (χ4n) is 1.40. The Morgan fingerprint density at radius 2 is 2.41 bits per heavy atom. The van der Waals surface area contributed by atoms with Crippen molar-refractivity contribution < 1.29 is 24.5 Å². The molecule has 0 aromatic heterocycles. The third-order valence-electron chi connectivity index (χ3n) is 2.48. The maximum atomic E-state index is 10.9. The number of methoxy groups -OCH3 is 1. The molecular formula is C11H17NO5. The van der Waals surface area contributed by atoms with Gasteiger partial charge in [0, 0.05) is 19.1 Å². The molecule has 1 aliphatic carbocycles. The molecule has 1 amide bonds. The number of carbonyl (C=O) groups is 1. The lowest BCUT2D eigenvalue weighted by Crippen LogP contribution is -2.37. The first kappa shape index (κ1) is 13.9. The van der Waals surface area contributed by atoms with E-state index < -0.39 is 17.8 Å². The highest BCUT2D eigenvalue weighted by Crippen LogP contribution is 2.25. The number of primary amides is 1. The molecule has 0 fully saturated rings. The van der Waals surface area contributed by atoms with Crippen LogP contribution >= 0.6 is 0 Å². The van der Waals surface area contributed by atoms with Gasteiger partial charge in [0.05, 0.1) is 13.2 Å². The van der Waals surface area contributed by atoms with E-state index >= 15 is 0 Å². The number of carbonyl (C=O) groups excluding carboxylic acids is 1. The molecule has 0 aliphatic heterocycles. The minimum Gasteiger partial charge on any atom is -0.394 e. The molecule has 96 valence electrons. The number of nitrogens with two attached hydrogens (primary N) is 1. The summed E-state index contributed by atoms with van der Waals surface area (Å²) in [6.07, 6.45) is 4.04. The van der Waals surface area contributed by atoms with E-state index in [1.165, 1.54) is 13.2 Å². The molecule has 0 bridgehead atoms. The summed E-state index contributed by atoms with van der Waals surface area (Å²) in [7, 11) is 1.46. The van der Waals surface area contributed by atoms with Gasteiger partial charge in [0.15, 0.2) is 5.79 Å². The topological polar surface area (TPSA) is 102 Å². The number of hydrogen-bond donors (Lipinski definition) is 3. The zero-order valence-electron chi connectivity index (χ0n) is 9.63. The second-order valence-corrected chi connectivity index (χ2v) is 3.72. The van der Waals surface area contributed by atoms with E-state index in [9.17, 15) is 9.90 Å². The van der Waals surface area contributed by atoms with E-state index in [1.54, 1.807) is 12.2 Å². The third kappa shape index (κ3) is 3.64. The van der Waals surface area contributed by atoms with Gasteiger partial charge in [-0.3, -0.25) is 4.79 Å². The number of hydrogen-bond acceptors (Lipinski definition) is 5. The van der Waals surface area contributed by atoms with Gasteiger partial charge in [-0.05, 0) is 12.2 Å². The van der Waals surface area contributed by atoms with Gasteiger partial charge in [0.25, 0.3) is 0 Å². The minimum absolute atomic E-state index is 0.0611. The number of ether oxygens (including phenoxy) is 2. The molecule has 0 radical (unpaired) electrons. The molecule has 17 heavy (non-hydrogen) atoms. The SMILES string of the molecule is COC1(OCC(O)CO)C=CC(C(N)=O)=CC1. The highest BCUT2D eigenvalue weighted by atomic mass is 16.7. The van der Waals surface area contributed by atoms with Gasteiger partial charge >= 0.3 is 0 Å². The van der Waals surface area contributed by atoms with Crippen LogP contribution in [0.4, 0.5) is 0 Å². The molecule has 0 heterocycles. The number of aliphatic hydroxyl groups excluding tert-OH is 2. The molecule has 0 saturated carbocycles. The van der Waals surface area contributed by atoms with E-state index in [2.05, 4.69) is 0 Å². The highest BCUT2D eigenvalue weighted by molar-refractivity contribution is 5.95. The molecule has 2 atom stereocenters. The number of amides is 1. The van der Waals surface area contributed by atoms with Crippen molar-refractivity contribution in [3.63, 3.8) is 0 Å². The molecule has 2 unspecified atom stereocenters. The van der Waals surface area contributed by atoms with Gasteiger partial charge in [-0.25, -0.2) is 0 Å². The normalized spacial score (nSPS) is 25.5. The Bertz CT molecular complexity index is 339. The molecule has 4 N–H and O–H groups in total. The first-order valence-electron chi connectivity index (χ1n) is 5.20. The van der Waals surface area contributed by atoms with Crippen LogP contribution in [-0.4, -0.2) is 48.3 Å². The van der Waals surface area contributed by atoms with Crippen LogP contribution < -0.4 is 5.73 Å². The fraction of sp³-hybridized carbons (Fsp3) is 0.545. The monoisotopic (exact) mass is 243 g/mol. The van der Waals surface area contributed by atoms with Crippen molar-refractivity contribution in [3.05, 3.63) is 23.8 Å². The first-order valence-corrected chi connectivity index (χ1v) is 5.20. The summed E-state index contributed by atoms with van der Waals surface area (Å²) in [5, 5.41) is 17.9. The summed E-state index contributed by atoms with van der Waals surface area (Å²) in [6.45, 7) is -0.444. The fourth-order valence-corrected chi connectivity index (χ4v) is 1.40. The lowest BCUT2D eigenvalue weighted by Gasteiger charge is -2.31. The molecule has 0 saturated heterocycles. The molecule has 6 heteroatoms. The van der Waals surface area contributed by atoms with E-state index in [-0.39, 0.29) is 13.2 Å². The second-order valence-electron chi connectivity index (χ2n) is 3.72. The number of rotatable bonds is 6. The van der Waals surface area contributed by atoms with Crippen LogP contribution in [0, 0.1) is 0 Å². The maximum Gasteiger partial charge on any atom is 0.248 e. The van der Waals surface area contributed by atoms with E-state index in [0.29, 0.717) is 12.0 Å².